The highest BCUT2D eigenvalue weighted by molar-refractivity contribution is 6.42. The first kappa shape index (κ1) is 22.1. The van der Waals surface area contributed by atoms with E-state index in [0.717, 1.165) is 48.9 Å². The molecule has 0 heterocycles. The molecular weight excluding hydrogens is 392 g/mol. The van der Waals surface area contributed by atoms with Crippen LogP contribution < -0.4 is 0 Å². The van der Waals surface area contributed by atoms with Gasteiger partial charge in [-0.3, -0.25) is 0 Å². The summed E-state index contributed by atoms with van der Waals surface area (Å²) >= 11 is 11.9. The number of rotatable bonds is 6. The molecule has 0 unspecified atom stereocenters. The average Bonchev–Trinajstić information content (AvgIpc) is 2.53. The van der Waals surface area contributed by atoms with Crippen LogP contribution in [0.25, 0.3) is 0 Å². The maximum absolute atomic E-state index is 12.5. The summed E-state index contributed by atoms with van der Waals surface area (Å²) in [6, 6.07) is 11.1. The molecule has 138 valence electrons. The van der Waals surface area contributed by atoms with Crippen LogP contribution in [0.4, 0.5) is 13.2 Å². The fraction of sp³-hybridized carbons (Fsp3) is 0.368. The number of hydrogen-bond donors (Lipinski definition) is 0. The summed E-state index contributed by atoms with van der Waals surface area (Å²) in [7, 11) is 0. The molecule has 0 aliphatic carbocycles. The van der Waals surface area contributed by atoms with Crippen molar-refractivity contribution in [1.82, 2.24) is 0 Å². The van der Waals surface area contributed by atoms with E-state index in [2.05, 4.69) is 6.92 Å². The zero-order valence-electron chi connectivity index (χ0n) is 13.7. The molecule has 2 aromatic rings. The molecule has 0 N–H and O–H groups in total. The second kappa shape index (κ2) is 9.70. The molecule has 1 atom stereocenters. The van der Waals surface area contributed by atoms with Crippen LogP contribution in [0.3, 0.4) is 0 Å². The highest BCUT2D eigenvalue weighted by Gasteiger charge is 2.29. The fourth-order valence-electron chi connectivity index (χ4n) is 2.53. The second-order valence-corrected chi connectivity index (χ2v) is 6.94. The predicted molar refractivity (Wildman–Crippen MR) is 101 cm³/mol. The van der Waals surface area contributed by atoms with Gasteiger partial charge >= 0.3 is 6.18 Å². The number of hydrogen-bond acceptors (Lipinski definition) is 0. The highest BCUT2D eigenvalue weighted by Crippen LogP contribution is 2.29. The van der Waals surface area contributed by atoms with Gasteiger partial charge in [0.1, 0.15) is 0 Å². The Morgan fingerprint density at radius 1 is 0.840 bits per heavy atom. The van der Waals surface area contributed by atoms with Gasteiger partial charge in [0.05, 0.1) is 15.6 Å². The average molecular weight is 412 g/mol. The van der Waals surface area contributed by atoms with E-state index in [9.17, 15) is 13.2 Å². The first-order chi connectivity index (χ1) is 11.3. The van der Waals surface area contributed by atoms with Crippen molar-refractivity contribution < 1.29 is 13.2 Å². The summed E-state index contributed by atoms with van der Waals surface area (Å²) in [5.41, 5.74) is 1.48. The Morgan fingerprint density at radius 3 is 1.88 bits per heavy atom. The summed E-state index contributed by atoms with van der Waals surface area (Å²) in [5.74, 6) is 0.474. The first-order valence-electron chi connectivity index (χ1n) is 7.86. The van der Waals surface area contributed by atoms with Crippen LogP contribution in [-0.4, -0.2) is 0 Å². The topological polar surface area (TPSA) is 0 Å². The summed E-state index contributed by atoms with van der Waals surface area (Å²) in [4.78, 5) is 0. The molecule has 0 nitrogen and oxygen atoms in total. The zero-order chi connectivity index (χ0) is 17.7. The molecule has 0 aromatic heterocycles. The van der Waals surface area contributed by atoms with Gasteiger partial charge in [-0.25, -0.2) is 0 Å². The van der Waals surface area contributed by atoms with E-state index in [-0.39, 0.29) is 12.4 Å². The monoisotopic (exact) mass is 410 g/mol. The highest BCUT2D eigenvalue weighted by atomic mass is 35.5. The van der Waals surface area contributed by atoms with Crippen molar-refractivity contribution in [3.63, 3.8) is 0 Å². The summed E-state index contributed by atoms with van der Waals surface area (Å²) in [5, 5.41) is 1.11. The first-order valence-corrected chi connectivity index (χ1v) is 8.61. The van der Waals surface area contributed by atoms with Crippen molar-refractivity contribution in [3.8, 4) is 0 Å². The van der Waals surface area contributed by atoms with Crippen molar-refractivity contribution in [3.05, 3.63) is 69.2 Å². The van der Waals surface area contributed by atoms with Crippen molar-refractivity contribution in [2.24, 2.45) is 5.92 Å². The van der Waals surface area contributed by atoms with E-state index in [4.69, 9.17) is 23.2 Å². The molecule has 25 heavy (non-hydrogen) atoms. The lowest BCUT2D eigenvalue weighted by molar-refractivity contribution is -0.137. The van der Waals surface area contributed by atoms with Gasteiger partial charge < -0.3 is 0 Å². The molecule has 0 amide bonds. The lowest BCUT2D eigenvalue weighted by atomic mass is 9.94. The molecule has 0 bridgehead atoms. The number of halogens is 6. The summed E-state index contributed by atoms with van der Waals surface area (Å²) < 4.78 is 37.6. The quantitative estimate of drug-likeness (QED) is 0.458. The minimum absolute atomic E-state index is 0. The normalized spacial score (nSPS) is 12.6. The molecular formula is C19H20Cl3F3. The van der Waals surface area contributed by atoms with Gasteiger partial charge in [-0.1, -0.05) is 48.3 Å². The SMILES string of the molecule is C[C@@H](CCc1ccc(C(F)(F)F)cc1)CCc1ccc(Cl)c(Cl)c1.Cl. The second-order valence-electron chi connectivity index (χ2n) is 6.13. The summed E-state index contributed by atoms with van der Waals surface area (Å²) in [6.07, 6.45) is -0.650. The van der Waals surface area contributed by atoms with Crippen molar-refractivity contribution in [2.45, 2.75) is 38.8 Å². The molecule has 0 spiro atoms. The molecule has 0 aliphatic rings. The number of benzene rings is 2. The lowest BCUT2D eigenvalue weighted by Gasteiger charge is -2.12. The predicted octanol–water partition coefficient (Wildman–Crippen LogP) is 7.64. The van der Waals surface area contributed by atoms with Crippen molar-refractivity contribution in [1.29, 1.82) is 0 Å². The lowest BCUT2D eigenvalue weighted by Crippen LogP contribution is -2.05. The van der Waals surface area contributed by atoms with E-state index in [1.807, 2.05) is 12.1 Å². The van der Waals surface area contributed by atoms with Crippen LogP contribution in [-0.2, 0) is 19.0 Å². The van der Waals surface area contributed by atoms with Crippen molar-refractivity contribution >= 4 is 35.6 Å². The van der Waals surface area contributed by atoms with Gasteiger partial charge in [0, 0.05) is 0 Å². The van der Waals surface area contributed by atoms with Gasteiger partial charge in [0.2, 0.25) is 0 Å². The van der Waals surface area contributed by atoms with Crippen LogP contribution in [0.2, 0.25) is 10.0 Å². The van der Waals surface area contributed by atoms with Crippen molar-refractivity contribution in [2.75, 3.05) is 0 Å². The van der Waals surface area contributed by atoms with E-state index >= 15 is 0 Å². The molecule has 0 saturated carbocycles. The third-order valence-corrected chi connectivity index (χ3v) is 4.86. The van der Waals surface area contributed by atoms with Crippen LogP contribution >= 0.6 is 35.6 Å². The van der Waals surface area contributed by atoms with Crippen LogP contribution in [0.1, 0.15) is 36.5 Å². The molecule has 0 fully saturated rings. The molecule has 0 radical (unpaired) electrons. The minimum atomic E-state index is -4.27. The smallest absolute Gasteiger partial charge is 0.166 e. The Hall–Kier alpha value is -0.900. The Kier molecular flexibility index (Phi) is 8.59. The molecule has 2 rings (SSSR count). The van der Waals surface area contributed by atoms with E-state index in [1.54, 1.807) is 18.2 Å². The zero-order valence-corrected chi connectivity index (χ0v) is 16.1. The van der Waals surface area contributed by atoms with Crippen LogP contribution in [0, 0.1) is 5.92 Å². The van der Waals surface area contributed by atoms with Gasteiger partial charge in [0.25, 0.3) is 0 Å². The summed E-state index contributed by atoms with van der Waals surface area (Å²) in [6.45, 7) is 2.15. The molecule has 0 aliphatic heterocycles. The Balaban J connectivity index is 0.00000312. The van der Waals surface area contributed by atoms with Crippen LogP contribution in [0.5, 0.6) is 0 Å². The Labute approximate surface area is 162 Å². The Morgan fingerprint density at radius 2 is 1.36 bits per heavy atom. The van der Waals surface area contributed by atoms with E-state index in [1.165, 1.54) is 0 Å². The minimum Gasteiger partial charge on any atom is -0.166 e. The molecule has 2 aromatic carbocycles. The third kappa shape index (κ3) is 7.08. The van der Waals surface area contributed by atoms with Gasteiger partial charge in [0.15, 0.2) is 0 Å². The Bertz CT molecular complexity index is 667. The van der Waals surface area contributed by atoms with E-state index < -0.39 is 11.7 Å². The number of alkyl halides is 3. The van der Waals surface area contributed by atoms with Gasteiger partial charge in [-0.15, -0.1) is 12.4 Å². The maximum Gasteiger partial charge on any atom is 0.416 e. The maximum atomic E-state index is 12.5. The molecule has 6 heteroatoms. The largest absolute Gasteiger partial charge is 0.416 e. The standard InChI is InChI=1S/C19H19Cl2F3.ClH/c1-13(3-5-15-8-11-17(20)18(21)12-15)2-4-14-6-9-16(10-7-14)19(22,23)24;/h6-13H,2-5H2,1H3;1H/t13-;/m0./s1. The van der Waals surface area contributed by atoms with Crippen LogP contribution in [0.15, 0.2) is 42.5 Å². The number of aryl methyl sites for hydroxylation is 2. The van der Waals surface area contributed by atoms with Gasteiger partial charge in [-0.2, -0.15) is 13.2 Å². The fourth-order valence-corrected chi connectivity index (χ4v) is 2.85. The van der Waals surface area contributed by atoms with E-state index in [0.29, 0.717) is 16.0 Å². The third-order valence-electron chi connectivity index (χ3n) is 4.12. The van der Waals surface area contributed by atoms with Gasteiger partial charge in [-0.05, 0) is 67.0 Å². The molecule has 0 saturated heterocycles.